The van der Waals surface area contributed by atoms with Crippen LogP contribution in [0.4, 0.5) is 0 Å². The lowest BCUT2D eigenvalue weighted by atomic mass is 10.1. The van der Waals surface area contributed by atoms with Crippen molar-refractivity contribution in [2.75, 3.05) is 26.7 Å². The monoisotopic (exact) mass is 239 g/mol. The van der Waals surface area contributed by atoms with E-state index in [1.54, 1.807) is 6.20 Å². The molecule has 0 bridgehead atoms. The Morgan fingerprint density at radius 1 is 1.29 bits per heavy atom. The molecule has 4 nitrogen and oxygen atoms in total. The van der Waals surface area contributed by atoms with Crippen LogP contribution in [0, 0.1) is 12.8 Å². The Bertz CT molecular complexity index is 228. The summed E-state index contributed by atoms with van der Waals surface area (Å²) in [5.41, 5.74) is 5.32. The van der Waals surface area contributed by atoms with Gasteiger partial charge in [0.25, 0.3) is 0 Å². The van der Waals surface area contributed by atoms with Gasteiger partial charge in [-0.15, -0.1) is 12.8 Å². The van der Waals surface area contributed by atoms with Crippen LogP contribution >= 0.6 is 0 Å². The average molecular weight is 239 g/mol. The summed E-state index contributed by atoms with van der Waals surface area (Å²) in [4.78, 5) is 6.66. The molecule has 1 rings (SSSR count). The van der Waals surface area contributed by atoms with Crippen LogP contribution in [0.1, 0.15) is 26.2 Å². The number of amidine groups is 1. The number of hydrogen-bond donors (Lipinski definition) is 2. The summed E-state index contributed by atoms with van der Waals surface area (Å²) in [6.07, 6.45) is 15.6. The van der Waals surface area contributed by atoms with E-state index in [4.69, 9.17) is 10.8 Å². The van der Waals surface area contributed by atoms with Gasteiger partial charge in [0.2, 0.25) is 0 Å². The molecule has 0 aliphatic carbocycles. The smallest absolute Gasteiger partial charge is 0.101 e. The Balaban J connectivity index is 0. The number of aliphatic hydroxyl groups excluding tert-OH is 1. The first kappa shape index (κ1) is 18.1. The first-order chi connectivity index (χ1) is 8.34. The van der Waals surface area contributed by atoms with Crippen molar-refractivity contribution in [3.05, 3.63) is 12.3 Å². The van der Waals surface area contributed by atoms with Crippen molar-refractivity contribution in [3.63, 3.8) is 0 Å². The number of piperidine rings is 1. The number of nitrogens with zero attached hydrogens (tertiary/aromatic N) is 2. The Hall–Kier alpha value is -1.31. The molecule has 1 aliphatic rings. The van der Waals surface area contributed by atoms with Crippen molar-refractivity contribution in [3.8, 4) is 12.8 Å². The van der Waals surface area contributed by atoms with Crippen LogP contribution in [0.25, 0.3) is 0 Å². The number of aliphatic imine (C=N–C) groups is 1. The Labute approximate surface area is 105 Å². The van der Waals surface area contributed by atoms with Gasteiger partial charge in [-0.1, -0.05) is 6.08 Å². The molecule has 0 saturated carbocycles. The number of terminal acetylenes is 1. The Morgan fingerprint density at radius 3 is 2.29 bits per heavy atom. The topological polar surface area (TPSA) is 61.8 Å². The highest BCUT2D eigenvalue weighted by Gasteiger charge is 2.09. The molecule has 3 N–H and O–H groups in total. The highest BCUT2D eigenvalue weighted by molar-refractivity contribution is 5.80. The molecule has 1 aliphatic heterocycles. The summed E-state index contributed by atoms with van der Waals surface area (Å²) in [5.74, 6) is 1.12. The summed E-state index contributed by atoms with van der Waals surface area (Å²) in [6, 6.07) is 0. The van der Waals surface area contributed by atoms with Gasteiger partial charge in [-0.05, 0) is 26.2 Å². The molecule has 0 unspecified atom stereocenters. The Morgan fingerprint density at radius 2 is 1.82 bits per heavy atom. The standard InChI is InChI=1S/C10H19N3.C2H2.CH4O/c1-10(12-7-5-6-11)13-8-3-2-4-9-13;2*1-2/h5,7H,2-4,6,8-9,11H2,1H3;1-2H;2H,1H3/b7-5-,12-10?;;. The zero-order chi connectivity index (χ0) is 13.5. The summed E-state index contributed by atoms with van der Waals surface area (Å²) < 4.78 is 0. The number of hydrogen-bond acceptors (Lipinski definition) is 3. The Kier molecular flexibility index (Phi) is 15.6. The fourth-order valence-electron chi connectivity index (χ4n) is 1.52. The van der Waals surface area contributed by atoms with E-state index >= 15 is 0 Å². The van der Waals surface area contributed by atoms with Crippen molar-refractivity contribution in [2.45, 2.75) is 26.2 Å². The first-order valence-electron chi connectivity index (χ1n) is 5.77. The number of likely N-dealkylation sites (tertiary alicyclic amines) is 1. The minimum atomic E-state index is 0.566. The minimum absolute atomic E-state index is 0.566. The SMILES string of the molecule is C#C.CC(=N/C=C\CN)N1CCCCC1.CO. The van der Waals surface area contributed by atoms with E-state index in [2.05, 4.69) is 29.7 Å². The molecule has 0 atom stereocenters. The molecule has 98 valence electrons. The van der Waals surface area contributed by atoms with Crippen LogP contribution in [-0.2, 0) is 0 Å². The van der Waals surface area contributed by atoms with E-state index in [1.165, 1.54) is 19.3 Å². The van der Waals surface area contributed by atoms with Crippen LogP contribution in [0.5, 0.6) is 0 Å². The summed E-state index contributed by atoms with van der Waals surface area (Å²) in [7, 11) is 1.00. The predicted octanol–water partition coefficient (Wildman–Crippen LogP) is 1.22. The molecular weight excluding hydrogens is 214 g/mol. The van der Waals surface area contributed by atoms with Crippen LogP contribution in [-0.4, -0.2) is 42.6 Å². The lowest BCUT2D eigenvalue weighted by Gasteiger charge is -2.27. The van der Waals surface area contributed by atoms with Gasteiger partial charge in [0.05, 0.1) is 0 Å². The third-order valence-corrected chi connectivity index (χ3v) is 2.32. The minimum Gasteiger partial charge on any atom is -0.400 e. The highest BCUT2D eigenvalue weighted by Crippen LogP contribution is 2.09. The predicted molar refractivity (Wildman–Crippen MR) is 74.8 cm³/mol. The van der Waals surface area contributed by atoms with Crippen LogP contribution in [0.2, 0.25) is 0 Å². The highest BCUT2D eigenvalue weighted by atomic mass is 16.2. The molecule has 0 aromatic heterocycles. The number of aliphatic hydroxyl groups is 1. The average Bonchev–Trinajstić information content (AvgIpc) is 2.44. The molecule has 1 fully saturated rings. The first-order valence-corrected chi connectivity index (χ1v) is 5.77. The molecule has 0 aromatic carbocycles. The van der Waals surface area contributed by atoms with Crippen molar-refractivity contribution in [1.82, 2.24) is 4.90 Å². The van der Waals surface area contributed by atoms with Gasteiger partial charge in [0, 0.05) is 32.9 Å². The lowest BCUT2D eigenvalue weighted by molar-refractivity contribution is 0.340. The maximum atomic E-state index is 7.00. The van der Waals surface area contributed by atoms with E-state index in [0.717, 1.165) is 26.0 Å². The maximum Gasteiger partial charge on any atom is 0.101 e. The van der Waals surface area contributed by atoms with Gasteiger partial charge >= 0.3 is 0 Å². The third-order valence-electron chi connectivity index (χ3n) is 2.32. The molecule has 4 heteroatoms. The fraction of sp³-hybridized carbons (Fsp3) is 0.615. The van der Waals surface area contributed by atoms with Crippen LogP contribution in [0.15, 0.2) is 17.3 Å². The molecular formula is C13H25N3O. The molecule has 17 heavy (non-hydrogen) atoms. The molecule has 0 amide bonds. The third kappa shape index (κ3) is 9.61. The van der Waals surface area contributed by atoms with Crippen molar-refractivity contribution >= 4 is 5.84 Å². The molecule has 0 radical (unpaired) electrons. The second-order valence-electron chi connectivity index (χ2n) is 3.34. The van der Waals surface area contributed by atoms with E-state index in [9.17, 15) is 0 Å². The van der Waals surface area contributed by atoms with Gasteiger partial charge in [-0.2, -0.15) is 0 Å². The van der Waals surface area contributed by atoms with E-state index < -0.39 is 0 Å². The van der Waals surface area contributed by atoms with Gasteiger partial charge in [0.1, 0.15) is 5.84 Å². The van der Waals surface area contributed by atoms with Crippen LogP contribution < -0.4 is 5.73 Å². The fourth-order valence-corrected chi connectivity index (χ4v) is 1.52. The largest absolute Gasteiger partial charge is 0.400 e. The van der Waals surface area contributed by atoms with Gasteiger partial charge in [-0.25, -0.2) is 4.99 Å². The molecule has 0 aromatic rings. The molecule has 1 saturated heterocycles. The molecule has 0 spiro atoms. The second kappa shape index (κ2) is 14.7. The lowest BCUT2D eigenvalue weighted by Crippen LogP contribution is -2.33. The zero-order valence-corrected chi connectivity index (χ0v) is 11.0. The van der Waals surface area contributed by atoms with Crippen molar-refractivity contribution < 1.29 is 5.11 Å². The van der Waals surface area contributed by atoms with E-state index in [0.29, 0.717) is 6.54 Å². The van der Waals surface area contributed by atoms with E-state index in [1.807, 2.05) is 6.08 Å². The summed E-state index contributed by atoms with van der Waals surface area (Å²) >= 11 is 0. The maximum absolute atomic E-state index is 7.00. The van der Waals surface area contributed by atoms with Crippen molar-refractivity contribution in [2.24, 2.45) is 10.7 Å². The summed E-state index contributed by atoms with van der Waals surface area (Å²) in [6.45, 7) is 4.94. The van der Waals surface area contributed by atoms with Gasteiger partial charge in [-0.3, -0.25) is 0 Å². The molecule has 1 heterocycles. The van der Waals surface area contributed by atoms with Gasteiger partial charge < -0.3 is 15.7 Å². The normalized spacial score (nSPS) is 15.6. The van der Waals surface area contributed by atoms with Crippen molar-refractivity contribution in [1.29, 1.82) is 0 Å². The second-order valence-corrected chi connectivity index (χ2v) is 3.34. The summed E-state index contributed by atoms with van der Waals surface area (Å²) in [5, 5.41) is 7.00. The number of nitrogens with two attached hydrogens (primary N) is 1. The zero-order valence-electron chi connectivity index (χ0n) is 11.0. The number of rotatable bonds is 2. The van der Waals surface area contributed by atoms with Crippen LogP contribution in [0.3, 0.4) is 0 Å². The quantitative estimate of drug-likeness (QED) is 0.433. The van der Waals surface area contributed by atoms with Gasteiger partial charge in [0.15, 0.2) is 0 Å². The van der Waals surface area contributed by atoms with E-state index in [-0.39, 0.29) is 0 Å².